The third-order valence-corrected chi connectivity index (χ3v) is 4.21. The van der Waals surface area contributed by atoms with E-state index in [1.165, 1.54) is 30.3 Å². The number of carbonyl (C=O) groups is 1. The first kappa shape index (κ1) is 17.3. The maximum atomic E-state index is 11.6. The number of fused-ring (bicyclic) bond motifs is 1. The van der Waals surface area contributed by atoms with Crippen LogP contribution in [0.15, 0.2) is 36.4 Å². The van der Waals surface area contributed by atoms with E-state index in [9.17, 15) is 20.0 Å². The number of nitro benzene ring substituents is 1. The monoisotopic (exact) mass is 383 g/mol. The molecule has 0 radical (unpaired) electrons. The molecule has 3 rings (SSSR count). The highest BCUT2D eigenvalue weighted by Gasteiger charge is 2.36. The molecule has 1 heterocycles. The quantitative estimate of drug-likeness (QED) is 0.625. The molecule has 0 saturated carbocycles. The molecule has 9 heteroatoms. The number of halogens is 2. The zero-order valence-corrected chi connectivity index (χ0v) is 14.0. The van der Waals surface area contributed by atoms with Gasteiger partial charge in [-0.1, -0.05) is 35.3 Å². The molecule has 1 aliphatic rings. The third-order valence-electron chi connectivity index (χ3n) is 3.71. The van der Waals surface area contributed by atoms with Crippen molar-refractivity contribution in [2.45, 2.75) is 18.6 Å². The van der Waals surface area contributed by atoms with Gasteiger partial charge in [0.1, 0.15) is 5.75 Å². The zero-order valence-electron chi connectivity index (χ0n) is 12.5. The number of carboxylic acid groups (broad SMARTS) is 1. The van der Waals surface area contributed by atoms with E-state index < -0.39 is 23.1 Å². The highest BCUT2D eigenvalue weighted by atomic mass is 35.5. The van der Waals surface area contributed by atoms with Gasteiger partial charge in [-0.2, -0.15) is 0 Å². The molecule has 0 bridgehead atoms. The van der Waals surface area contributed by atoms with Crippen molar-refractivity contribution in [2.75, 3.05) is 0 Å². The van der Waals surface area contributed by atoms with Crippen molar-refractivity contribution in [1.82, 2.24) is 0 Å². The smallest absolute Gasteiger partial charge is 0.311 e. The third kappa shape index (κ3) is 3.47. The van der Waals surface area contributed by atoms with Gasteiger partial charge in [-0.15, -0.1) is 0 Å². The van der Waals surface area contributed by atoms with Crippen LogP contribution >= 0.6 is 23.2 Å². The van der Waals surface area contributed by atoms with Crippen molar-refractivity contribution < 1.29 is 24.3 Å². The molecule has 130 valence electrons. The van der Waals surface area contributed by atoms with E-state index >= 15 is 0 Å². The lowest BCUT2D eigenvalue weighted by Gasteiger charge is -2.30. The summed E-state index contributed by atoms with van der Waals surface area (Å²) in [6.07, 6.45) is -1.10. The minimum Gasteiger partial charge on any atom is -0.481 e. The number of nitrogens with zero attached hydrogens (tertiary/aromatic N) is 1. The Labute approximate surface area is 151 Å². The second-order valence-corrected chi connectivity index (χ2v) is 6.17. The number of para-hydroxylation sites is 2. The summed E-state index contributed by atoms with van der Waals surface area (Å²) in [5, 5.41) is 21.0. The lowest BCUT2D eigenvalue weighted by Crippen LogP contribution is -2.33. The molecule has 2 aromatic carbocycles. The molecule has 0 saturated heterocycles. The molecule has 2 unspecified atom stereocenters. The van der Waals surface area contributed by atoms with Crippen LogP contribution in [0.4, 0.5) is 5.69 Å². The van der Waals surface area contributed by atoms with Crippen molar-refractivity contribution in [2.24, 2.45) is 0 Å². The molecular formula is C16H11Cl2NO6. The normalized spacial score (nSPS) is 18.8. The van der Waals surface area contributed by atoms with Crippen molar-refractivity contribution in [3.8, 4) is 11.5 Å². The summed E-state index contributed by atoms with van der Waals surface area (Å²) >= 11 is 12.0. The Balaban J connectivity index is 1.96. The van der Waals surface area contributed by atoms with Gasteiger partial charge in [0.2, 0.25) is 12.0 Å². The van der Waals surface area contributed by atoms with Gasteiger partial charge >= 0.3 is 11.7 Å². The van der Waals surface area contributed by atoms with Crippen LogP contribution < -0.4 is 9.47 Å². The predicted octanol–water partition coefficient (Wildman–Crippen LogP) is 4.26. The first-order valence-electron chi connectivity index (χ1n) is 7.15. The second kappa shape index (κ2) is 6.78. The van der Waals surface area contributed by atoms with Gasteiger partial charge in [0, 0.05) is 23.1 Å². The highest BCUT2D eigenvalue weighted by Crippen LogP contribution is 2.43. The minimum absolute atomic E-state index is 0.0184. The number of ether oxygens (including phenoxy) is 2. The first-order chi connectivity index (χ1) is 11.9. The Morgan fingerprint density at radius 3 is 2.72 bits per heavy atom. The molecule has 7 nitrogen and oxygen atoms in total. The van der Waals surface area contributed by atoms with Gasteiger partial charge in [-0.3, -0.25) is 14.9 Å². The van der Waals surface area contributed by atoms with E-state index in [4.69, 9.17) is 32.7 Å². The number of rotatable bonds is 4. The maximum absolute atomic E-state index is 11.6. The van der Waals surface area contributed by atoms with Gasteiger partial charge < -0.3 is 14.6 Å². The van der Waals surface area contributed by atoms with Crippen LogP contribution in [0.2, 0.25) is 10.0 Å². The molecular weight excluding hydrogens is 373 g/mol. The van der Waals surface area contributed by atoms with Crippen LogP contribution in [0.1, 0.15) is 17.9 Å². The predicted molar refractivity (Wildman–Crippen MR) is 89.6 cm³/mol. The van der Waals surface area contributed by atoms with E-state index in [1.54, 1.807) is 6.07 Å². The fourth-order valence-electron chi connectivity index (χ4n) is 2.62. The Morgan fingerprint density at radius 1 is 1.32 bits per heavy atom. The lowest BCUT2D eigenvalue weighted by atomic mass is 9.92. The summed E-state index contributed by atoms with van der Waals surface area (Å²) in [5.74, 6) is -1.93. The fraction of sp³-hybridized carbons (Fsp3) is 0.188. The Morgan fingerprint density at radius 2 is 2.04 bits per heavy atom. The molecule has 0 amide bonds. The first-order valence-corrected chi connectivity index (χ1v) is 7.91. The van der Waals surface area contributed by atoms with Gasteiger partial charge in [0.05, 0.1) is 15.9 Å². The van der Waals surface area contributed by atoms with Crippen LogP contribution in [0.3, 0.4) is 0 Å². The average Bonchev–Trinajstić information content (AvgIpc) is 2.55. The molecule has 1 N–H and O–H groups in total. The number of hydrogen-bond donors (Lipinski definition) is 1. The number of hydrogen-bond acceptors (Lipinski definition) is 5. The van der Waals surface area contributed by atoms with E-state index in [0.29, 0.717) is 5.56 Å². The molecule has 2 aromatic rings. The van der Waals surface area contributed by atoms with Crippen molar-refractivity contribution in [3.63, 3.8) is 0 Å². The number of nitro groups is 1. The summed E-state index contributed by atoms with van der Waals surface area (Å²) in [4.78, 5) is 22.1. The number of carboxylic acids is 1. The topological polar surface area (TPSA) is 98.9 Å². The summed E-state index contributed by atoms with van der Waals surface area (Å²) in [6.45, 7) is 0. The SMILES string of the molecule is O=C(O)C1CC(Oc2ccccc2[N+](=O)[O-])Oc2c(Cl)cc(Cl)cc21. The van der Waals surface area contributed by atoms with Crippen molar-refractivity contribution in [1.29, 1.82) is 0 Å². The second-order valence-electron chi connectivity index (χ2n) is 5.32. The van der Waals surface area contributed by atoms with Crippen LogP contribution in [-0.4, -0.2) is 22.3 Å². The van der Waals surface area contributed by atoms with E-state index in [2.05, 4.69) is 0 Å². The van der Waals surface area contributed by atoms with Gasteiger partial charge in [-0.05, 0) is 18.2 Å². The molecule has 0 aromatic heterocycles. The molecule has 0 aliphatic carbocycles. The van der Waals surface area contributed by atoms with E-state index in [-0.39, 0.29) is 33.7 Å². The van der Waals surface area contributed by atoms with Gasteiger partial charge in [-0.25, -0.2) is 0 Å². The summed E-state index contributed by atoms with van der Waals surface area (Å²) in [7, 11) is 0. The summed E-state index contributed by atoms with van der Waals surface area (Å²) in [5.41, 5.74) is 0.0957. The van der Waals surface area contributed by atoms with Crippen LogP contribution in [-0.2, 0) is 4.79 Å². The molecule has 0 spiro atoms. The molecule has 2 atom stereocenters. The molecule has 1 aliphatic heterocycles. The zero-order chi connectivity index (χ0) is 18.1. The Hall–Kier alpha value is -2.51. The summed E-state index contributed by atoms with van der Waals surface area (Å²) < 4.78 is 11.2. The van der Waals surface area contributed by atoms with Gasteiger partial charge in [0.25, 0.3) is 0 Å². The fourth-order valence-corrected chi connectivity index (χ4v) is 3.17. The van der Waals surface area contributed by atoms with Crippen LogP contribution in [0.25, 0.3) is 0 Å². The van der Waals surface area contributed by atoms with Gasteiger partial charge in [0.15, 0.2) is 0 Å². The lowest BCUT2D eigenvalue weighted by molar-refractivity contribution is -0.386. The van der Waals surface area contributed by atoms with Crippen LogP contribution in [0.5, 0.6) is 11.5 Å². The minimum atomic E-state index is -1.10. The Kier molecular flexibility index (Phi) is 4.69. The number of aliphatic carboxylic acids is 1. The Bertz CT molecular complexity index is 857. The summed E-state index contributed by atoms with van der Waals surface area (Å²) in [6, 6.07) is 8.67. The highest BCUT2D eigenvalue weighted by molar-refractivity contribution is 6.35. The average molecular weight is 384 g/mol. The largest absolute Gasteiger partial charge is 0.481 e. The van der Waals surface area contributed by atoms with Crippen LogP contribution in [0, 0.1) is 10.1 Å². The van der Waals surface area contributed by atoms with E-state index in [0.717, 1.165) is 0 Å². The molecule has 0 fully saturated rings. The van der Waals surface area contributed by atoms with E-state index in [1.807, 2.05) is 0 Å². The standard InChI is InChI=1S/C16H11Cl2NO6/c17-8-5-9-10(16(20)21)7-14(25-15(9)11(18)6-8)24-13-4-2-1-3-12(13)19(22)23/h1-6,10,14H,7H2,(H,20,21). The number of benzene rings is 2. The van der Waals surface area contributed by atoms with Crippen molar-refractivity contribution in [3.05, 3.63) is 62.1 Å². The molecule has 25 heavy (non-hydrogen) atoms. The van der Waals surface area contributed by atoms with Crippen molar-refractivity contribution >= 4 is 34.9 Å². The maximum Gasteiger partial charge on any atom is 0.311 e.